The van der Waals surface area contributed by atoms with Crippen molar-refractivity contribution in [1.82, 2.24) is 0 Å². The third kappa shape index (κ3) is 3.20. The van der Waals surface area contributed by atoms with E-state index >= 15 is 0 Å². The van der Waals surface area contributed by atoms with Gasteiger partial charge in [0.05, 0.1) is 0 Å². The van der Waals surface area contributed by atoms with Crippen molar-refractivity contribution in [3.05, 3.63) is 114 Å². The molecule has 3 aromatic rings. The van der Waals surface area contributed by atoms with Crippen molar-refractivity contribution in [1.29, 1.82) is 0 Å². The van der Waals surface area contributed by atoms with Gasteiger partial charge in [-0.1, -0.05) is 108 Å². The van der Waals surface area contributed by atoms with Crippen LogP contribution >= 0.6 is 0 Å². The molecule has 0 amide bonds. The van der Waals surface area contributed by atoms with Crippen LogP contribution in [0.25, 0.3) is 6.08 Å². The first-order chi connectivity index (χ1) is 13.3. The number of carbonyl (C=O) groups excluding carboxylic acids is 1. The van der Waals surface area contributed by atoms with Gasteiger partial charge in [0.25, 0.3) is 0 Å². The number of allylic oxidation sites excluding steroid dienone is 1. The Morgan fingerprint density at radius 3 is 2.07 bits per heavy atom. The molecule has 0 saturated carbocycles. The minimum Gasteiger partial charge on any atom is -0.316 e. The number of benzene rings is 3. The van der Waals surface area contributed by atoms with E-state index in [0.717, 1.165) is 16.7 Å². The van der Waals surface area contributed by atoms with Gasteiger partial charge >= 0.3 is 5.97 Å². The largest absolute Gasteiger partial charge is 0.351 e. The van der Waals surface area contributed by atoms with E-state index in [1.54, 1.807) is 0 Å². The van der Waals surface area contributed by atoms with Gasteiger partial charge in [-0.05, 0) is 17.5 Å². The van der Waals surface area contributed by atoms with Crippen LogP contribution in [0.2, 0.25) is 0 Å². The minimum atomic E-state index is -0.951. The normalized spacial score (nSPS) is 19.1. The number of hydrogen-bond donors (Lipinski definition) is 0. The Balaban J connectivity index is 1.78. The van der Waals surface area contributed by atoms with Crippen LogP contribution < -0.4 is 0 Å². The van der Waals surface area contributed by atoms with Gasteiger partial charge in [-0.2, -0.15) is 0 Å². The average Bonchev–Trinajstić information content (AvgIpc) is 3.07. The molecule has 132 valence electrons. The Bertz CT molecular complexity index is 979. The van der Waals surface area contributed by atoms with Crippen LogP contribution in [0.4, 0.5) is 0 Å². The molecular weight excluding hydrogens is 334 g/mol. The molecule has 1 atom stereocenters. The minimum absolute atomic E-state index is 0.342. The highest BCUT2D eigenvalue weighted by Crippen LogP contribution is 2.38. The topological polar surface area (TPSA) is 38.7 Å². The second-order valence-corrected chi connectivity index (χ2v) is 6.47. The summed E-state index contributed by atoms with van der Waals surface area (Å²) in [6, 6.07) is 29.5. The molecule has 3 aromatic carbocycles. The fourth-order valence-electron chi connectivity index (χ4n) is 3.45. The predicted molar refractivity (Wildman–Crippen MR) is 107 cm³/mol. The molecule has 1 aliphatic rings. The lowest BCUT2D eigenvalue weighted by atomic mass is 9.72. The van der Waals surface area contributed by atoms with Crippen molar-refractivity contribution < 1.29 is 9.63 Å². The molecule has 1 heterocycles. The maximum Gasteiger partial charge on any atom is 0.351 e. The second-order valence-electron chi connectivity index (χ2n) is 6.47. The maximum atomic E-state index is 13.0. The van der Waals surface area contributed by atoms with Gasteiger partial charge < -0.3 is 4.84 Å². The van der Waals surface area contributed by atoms with Gasteiger partial charge in [0, 0.05) is 5.56 Å². The number of rotatable bonds is 5. The van der Waals surface area contributed by atoms with E-state index in [-0.39, 0.29) is 5.97 Å². The summed E-state index contributed by atoms with van der Waals surface area (Å²) in [6.45, 7) is 0. The van der Waals surface area contributed by atoms with Gasteiger partial charge in [0.1, 0.15) is 11.1 Å². The number of hydrogen-bond acceptors (Lipinski definition) is 3. The molecule has 3 nitrogen and oxygen atoms in total. The van der Waals surface area contributed by atoms with Gasteiger partial charge in [-0.25, -0.2) is 4.79 Å². The van der Waals surface area contributed by atoms with Crippen LogP contribution in [0.1, 0.15) is 23.1 Å². The van der Waals surface area contributed by atoms with Crippen LogP contribution in [0.5, 0.6) is 0 Å². The monoisotopic (exact) mass is 353 g/mol. The zero-order valence-electron chi connectivity index (χ0n) is 14.8. The van der Waals surface area contributed by atoms with E-state index in [1.165, 1.54) is 0 Å². The molecule has 1 aliphatic heterocycles. The fourth-order valence-corrected chi connectivity index (χ4v) is 3.45. The Hall–Kier alpha value is -3.46. The standard InChI is InChI=1S/C24H19NO2/c26-23-24(21-16-8-3-9-17-21,18-10-13-19-11-4-1-5-12-19)22(25-27-23)20-14-6-2-7-15-20/h1-17H,18H2/b13-10+/t24-/m0/s1. The molecule has 3 heteroatoms. The van der Waals surface area contributed by atoms with Crippen LogP contribution in [-0.4, -0.2) is 11.7 Å². The van der Waals surface area contributed by atoms with Crippen molar-refractivity contribution in [2.45, 2.75) is 11.8 Å². The first-order valence-electron chi connectivity index (χ1n) is 8.93. The molecule has 27 heavy (non-hydrogen) atoms. The van der Waals surface area contributed by atoms with Crippen molar-refractivity contribution >= 4 is 17.8 Å². The smallest absolute Gasteiger partial charge is 0.316 e. The molecule has 4 rings (SSSR count). The molecule has 0 unspecified atom stereocenters. The van der Waals surface area contributed by atoms with Crippen molar-refractivity contribution in [2.75, 3.05) is 0 Å². The summed E-state index contributed by atoms with van der Waals surface area (Å²) in [6.07, 6.45) is 4.52. The van der Waals surface area contributed by atoms with Crippen LogP contribution in [-0.2, 0) is 15.0 Å². The molecule has 0 fully saturated rings. The van der Waals surface area contributed by atoms with E-state index in [2.05, 4.69) is 5.16 Å². The van der Waals surface area contributed by atoms with E-state index < -0.39 is 5.41 Å². The molecule has 0 spiro atoms. The lowest BCUT2D eigenvalue weighted by Gasteiger charge is -2.26. The lowest BCUT2D eigenvalue weighted by molar-refractivity contribution is -0.144. The average molecular weight is 353 g/mol. The van der Waals surface area contributed by atoms with Crippen LogP contribution in [0, 0.1) is 0 Å². The van der Waals surface area contributed by atoms with Crippen LogP contribution in [0.15, 0.2) is 102 Å². The van der Waals surface area contributed by atoms with E-state index in [4.69, 9.17) is 4.84 Å². The summed E-state index contributed by atoms with van der Waals surface area (Å²) in [5.74, 6) is -0.342. The number of oxime groups is 1. The zero-order chi connectivity index (χ0) is 18.5. The highest BCUT2D eigenvalue weighted by molar-refractivity contribution is 6.22. The van der Waals surface area contributed by atoms with Gasteiger partial charge in [-0.15, -0.1) is 0 Å². The fraction of sp³-hybridized carbons (Fsp3) is 0.0833. The number of carbonyl (C=O) groups is 1. The molecule has 0 aromatic heterocycles. The molecule has 0 aliphatic carbocycles. The highest BCUT2D eigenvalue weighted by atomic mass is 16.7. The van der Waals surface area contributed by atoms with Crippen molar-refractivity contribution in [3.8, 4) is 0 Å². The summed E-state index contributed by atoms with van der Waals surface area (Å²) in [7, 11) is 0. The summed E-state index contributed by atoms with van der Waals surface area (Å²) < 4.78 is 0. The van der Waals surface area contributed by atoms with Crippen molar-refractivity contribution in [2.24, 2.45) is 5.16 Å². The van der Waals surface area contributed by atoms with E-state index in [9.17, 15) is 4.79 Å². The van der Waals surface area contributed by atoms with E-state index in [0.29, 0.717) is 12.1 Å². The molecule has 0 radical (unpaired) electrons. The second kappa shape index (κ2) is 7.42. The summed E-state index contributed by atoms with van der Waals surface area (Å²) >= 11 is 0. The van der Waals surface area contributed by atoms with E-state index in [1.807, 2.05) is 103 Å². The van der Waals surface area contributed by atoms with Gasteiger partial charge in [0.2, 0.25) is 0 Å². The first-order valence-corrected chi connectivity index (χ1v) is 8.93. The van der Waals surface area contributed by atoms with Gasteiger partial charge in [-0.3, -0.25) is 0 Å². The quantitative estimate of drug-likeness (QED) is 0.606. The van der Waals surface area contributed by atoms with Crippen molar-refractivity contribution in [3.63, 3.8) is 0 Å². The summed E-state index contributed by atoms with van der Waals surface area (Å²) in [5, 5.41) is 4.18. The molecular formula is C24H19NO2. The third-order valence-electron chi connectivity index (χ3n) is 4.82. The Kier molecular flexibility index (Phi) is 4.67. The molecule has 0 bridgehead atoms. The Morgan fingerprint density at radius 2 is 1.41 bits per heavy atom. The summed E-state index contributed by atoms with van der Waals surface area (Å²) in [5.41, 5.74) is 2.56. The predicted octanol–water partition coefficient (Wildman–Crippen LogP) is 4.99. The third-order valence-corrected chi connectivity index (χ3v) is 4.82. The van der Waals surface area contributed by atoms with Gasteiger partial charge in [0.15, 0.2) is 0 Å². The molecule has 0 N–H and O–H groups in total. The lowest BCUT2D eigenvalue weighted by Crippen LogP contribution is -2.40. The zero-order valence-corrected chi connectivity index (χ0v) is 14.8. The van der Waals surface area contributed by atoms with Crippen LogP contribution in [0.3, 0.4) is 0 Å². The SMILES string of the molecule is O=C1ON=C(c2ccccc2)[C@]1(C/C=C/c1ccccc1)c1ccccc1. The first kappa shape index (κ1) is 17.0. The Morgan fingerprint density at radius 1 is 0.815 bits per heavy atom. The maximum absolute atomic E-state index is 13.0. The highest BCUT2D eigenvalue weighted by Gasteiger charge is 2.51. The Labute approximate surface area is 158 Å². The summed E-state index contributed by atoms with van der Waals surface area (Å²) in [4.78, 5) is 18.2. The number of nitrogens with zero attached hydrogens (tertiary/aromatic N) is 1. The molecule has 0 saturated heterocycles.